The molecule has 2 atom stereocenters. The first-order valence-corrected chi connectivity index (χ1v) is 7.57. The molecule has 5 heteroatoms. The van der Waals surface area contributed by atoms with Gasteiger partial charge < -0.3 is 10.1 Å². The summed E-state index contributed by atoms with van der Waals surface area (Å²) in [5.41, 5.74) is 0.804. The summed E-state index contributed by atoms with van der Waals surface area (Å²) in [5.74, 6) is -0.357. The average molecular weight is 300 g/mol. The standard InChI is InChI=1S/C17H20N2O3/c1-12-4-2-3-5-15(12)19-16(20)11-22-17(21)14-8-6-13(10-18)7-9-14/h6-9,12,15H,2-5,11H2,1H3,(H,19,20)/t12-,15+/m1/s1. The smallest absolute Gasteiger partial charge is 0.338 e. The molecule has 0 aliphatic heterocycles. The minimum atomic E-state index is -0.559. The lowest BCUT2D eigenvalue weighted by molar-refractivity contribution is -0.125. The number of amides is 1. The lowest BCUT2D eigenvalue weighted by atomic mass is 9.86. The zero-order valence-corrected chi connectivity index (χ0v) is 12.7. The molecule has 1 N–H and O–H groups in total. The lowest BCUT2D eigenvalue weighted by Gasteiger charge is -2.29. The SMILES string of the molecule is C[C@@H]1CCCC[C@@H]1NC(=O)COC(=O)c1ccc(C#N)cc1. The summed E-state index contributed by atoms with van der Waals surface area (Å²) < 4.78 is 5.01. The Labute approximate surface area is 130 Å². The van der Waals surface area contributed by atoms with E-state index >= 15 is 0 Å². The molecular formula is C17H20N2O3. The van der Waals surface area contributed by atoms with E-state index in [0.29, 0.717) is 17.0 Å². The van der Waals surface area contributed by atoms with Crippen LogP contribution in [0.2, 0.25) is 0 Å². The summed E-state index contributed by atoms with van der Waals surface area (Å²) in [6.45, 7) is 1.86. The second kappa shape index (κ2) is 7.60. The summed E-state index contributed by atoms with van der Waals surface area (Å²) in [6.07, 6.45) is 4.44. The molecule has 0 spiro atoms. The predicted molar refractivity (Wildman–Crippen MR) is 81.0 cm³/mol. The first-order chi connectivity index (χ1) is 10.6. The highest BCUT2D eigenvalue weighted by Crippen LogP contribution is 2.23. The van der Waals surface area contributed by atoms with Crippen LogP contribution in [-0.4, -0.2) is 24.5 Å². The number of nitriles is 1. The van der Waals surface area contributed by atoms with E-state index in [4.69, 9.17) is 10.00 Å². The number of rotatable bonds is 4. The van der Waals surface area contributed by atoms with Gasteiger partial charge in [0.1, 0.15) is 0 Å². The lowest BCUT2D eigenvalue weighted by Crippen LogP contribution is -2.42. The number of carbonyl (C=O) groups excluding carboxylic acids is 2. The number of hydrogen-bond donors (Lipinski definition) is 1. The van der Waals surface area contributed by atoms with Gasteiger partial charge in [-0.15, -0.1) is 0 Å². The van der Waals surface area contributed by atoms with Crippen LogP contribution in [0.1, 0.15) is 48.5 Å². The van der Waals surface area contributed by atoms with Gasteiger partial charge in [-0.2, -0.15) is 5.26 Å². The molecule has 1 aromatic carbocycles. The van der Waals surface area contributed by atoms with E-state index in [9.17, 15) is 9.59 Å². The molecule has 1 aliphatic rings. The van der Waals surface area contributed by atoms with Gasteiger partial charge in [-0.25, -0.2) is 4.79 Å². The molecule has 0 saturated heterocycles. The third-order valence-electron chi connectivity index (χ3n) is 4.04. The van der Waals surface area contributed by atoms with E-state index in [1.807, 2.05) is 6.07 Å². The Morgan fingerprint density at radius 3 is 2.59 bits per heavy atom. The molecule has 0 aromatic heterocycles. The maximum Gasteiger partial charge on any atom is 0.338 e. The average Bonchev–Trinajstić information content (AvgIpc) is 2.55. The number of esters is 1. The van der Waals surface area contributed by atoms with Crippen molar-refractivity contribution in [3.8, 4) is 6.07 Å². The molecule has 0 bridgehead atoms. The molecular weight excluding hydrogens is 280 g/mol. The predicted octanol–water partition coefficient (Wildman–Crippen LogP) is 2.41. The van der Waals surface area contributed by atoms with Crippen molar-refractivity contribution < 1.29 is 14.3 Å². The van der Waals surface area contributed by atoms with Crippen LogP contribution in [-0.2, 0) is 9.53 Å². The molecule has 22 heavy (non-hydrogen) atoms. The molecule has 1 amide bonds. The van der Waals surface area contributed by atoms with Crippen molar-refractivity contribution in [2.24, 2.45) is 5.92 Å². The number of ether oxygens (including phenoxy) is 1. The quantitative estimate of drug-likeness (QED) is 0.866. The highest BCUT2D eigenvalue weighted by atomic mass is 16.5. The minimum Gasteiger partial charge on any atom is -0.452 e. The van der Waals surface area contributed by atoms with Crippen LogP contribution in [0, 0.1) is 17.2 Å². The van der Waals surface area contributed by atoms with Gasteiger partial charge in [0.25, 0.3) is 5.91 Å². The van der Waals surface area contributed by atoms with Crippen molar-refractivity contribution in [3.05, 3.63) is 35.4 Å². The van der Waals surface area contributed by atoms with Crippen molar-refractivity contribution in [1.82, 2.24) is 5.32 Å². The van der Waals surface area contributed by atoms with Gasteiger partial charge in [-0.3, -0.25) is 4.79 Å². The van der Waals surface area contributed by atoms with E-state index < -0.39 is 5.97 Å². The number of hydrogen-bond acceptors (Lipinski definition) is 4. The highest BCUT2D eigenvalue weighted by Gasteiger charge is 2.23. The van der Waals surface area contributed by atoms with E-state index in [-0.39, 0.29) is 18.6 Å². The van der Waals surface area contributed by atoms with Crippen molar-refractivity contribution >= 4 is 11.9 Å². The van der Waals surface area contributed by atoms with Crippen LogP contribution in [0.4, 0.5) is 0 Å². The van der Waals surface area contributed by atoms with Crippen LogP contribution in [0.5, 0.6) is 0 Å². The van der Waals surface area contributed by atoms with Crippen molar-refractivity contribution in [2.45, 2.75) is 38.6 Å². The van der Waals surface area contributed by atoms with Gasteiger partial charge in [0, 0.05) is 6.04 Å². The Bertz CT molecular complexity index is 575. The topological polar surface area (TPSA) is 79.2 Å². The first-order valence-electron chi connectivity index (χ1n) is 7.57. The highest BCUT2D eigenvalue weighted by molar-refractivity contribution is 5.91. The molecule has 5 nitrogen and oxygen atoms in total. The molecule has 1 aromatic rings. The zero-order valence-electron chi connectivity index (χ0n) is 12.7. The fraction of sp³-hybridized carbons (Fsp3) is 0.471. The van der Waals surface area contributed by atoms with Gasteiger partial charge in [0.05, 0.1) is 17.2 Å². The number of nitrogens with zero attached hydrogens (tertiary/aromatic N) is 1. The van der Waals surface area contributed by atoms with Crippen LogP contribution in [0.25, 0.3) is 0 Å². The summed E-state index contributed by atoms with van der Waals surface area (Å²) in [6, 6.07) is 8.27. The Morgan fingerprint density at radius 1 is 1.27 bits per heavy atom. The third kappa shape index (κ3) is 4.32. The van der Waals surface area contributed by atoms with Gasteiger partial charge in [0.2, 0.25) is 0 Å². The van der Waals surface area contributed by atoms with Gasteiger partial charge in [0.15, 0.2) is 6.61 Å². The monoisotopic (exact) mass is 300 g/mol. The van der Waals surface area contributed by atoms with Gasteiger partial charge in [-0.1, -0.05) is 19.8 Å². The maximum atomic E-state index is 11.9. The molecule has 2 rings (SSSR count). The second-order valence-electron chi connectivity index (χ2n) is 5.70. The third-order valence-corrected chi connectivity index (χ3v) is 4.04. The van der Waals surface area contributed by atoms with Crippen molar-refractivity contribution in [2.75, 3.05) is 6.61 Å². The van der Waals surface area contributed by atoms with E-state index in [1.165, 1.54) is 18.6 Å². The summed E-state index contributed by atoms with van der Waals surface area (Å²) in [5, 5.41) is 11.6. The van der Waals surface area contributed by atoms with Crippen LogP contribution in [0.3, 0.4) is 0 Å². The molecule has 0 unspecified atom stereocenters. The van der Waals surface area contributed by atoms with E-state index in [2.05, 4.69) is 12.2 Å². The fourth-order valence-electron chi connectivity index (χ4n) is 2.67. The summed E-state index contributed by atoms with van der Waals surface area (Å²) in [4.78, 5) is 23.7. The minimum absolute atomic E-state index is 0.176. The van der Waals surface area contributed by atoms with E-state index in [1.54, 1.807) is 12.1 Å². The van der Waals surface area contributed by atoms with Gasteiger partial charge in [-0.05, 0) is 43.0 Å². The zero-order chi connectivity index (χ0) is 15.9. The summed E-state index contributed by atoms with van der Waals surface area (Å²) in [7, 11) is 0. The largest absolute Gasteiger partial charge is 0.452 e. The van der Waals surface area contributed by atoms with Crippen LogP contribution >= 0.6 is 0 Å². The van der Waals surface area contributed by atoms with Crippen molar-refractivity contribution in [3.63, 3.8) is 0 Å². The summed E-state index contributed by atoms with van der Waals surface area (Å²) >= 11 is 0. The molecule has 116 valence electrons. The van der Waals surface area contributed by atoms with Crippen molar-refractivity contribution in [1.29, 1.82) is 5.26 Å². The number of benzene rings is 1. The number of nitrogens with one attached hydrogen (secondary N) is 1. The Hall–Kier alpha value is -2.35. The molecule has 1 fully saturated rings. The van der Waals surface area contributed by atoms with Crippen LogP contribution in [0.15, 0.2) is 24.3 Å². The Kier molecular flexibility index (Phi) is 5.54. The molecule has 0 heterocycles. The molecule has 1 saturated carbocycles. The van der Waals surface area contributed by atoms with E-state index in [0.717, 1.165) is 19.3 Å². The second-order valence-corrected chi connectivity index (χ2v) is 5.70. The molecule has 0 radical (unpaired) electrons. The van der Waals surface area contributed by atoms with Crippen LogP contribution < -0.4 is 5.32 Å². The molecule has 1 aliphatic carbocycles. The Morgan fingerprint density at radius 2 is 1.95 bits per heavy atom. The fourth-order valence-corrected chi connectivity index (χ4v) is 2.67. The van der Waals surface area contributed by atoms with Gasteiger partial charge >= 0.3 is 5.97 Å². The normalized spacial score (nSPS) is 20.7. The Balaban J connectivity index is 1.80. The first kappa shape index (κ1) is 16.0. The maximum absolute atomic E-state index is 11.9. The number of carbonyl (C=O) groups is 2.